The lowest BCUT2D eigenvalue weighted by atomic mass is 10.1. The van der Waals surface area contributed by atoms with Gasteiger partial charge >= 0.3 is 0 Å². The summed E-state index contributed by atoms with van der Waals surface area (Å²) in [5, 5.41) is 0.962. The fraction of sp³-hybridized carbons (Fsp3) is 0.125. The molecule has 0 N–H and O–H groups in total. The van der Waals surface area contributed by atoms with E-state index >= 15 is 0 Å². The summed E-state index contributed by atoms with van der Waals surface area (Å²) in [7, 11) is 0. The number of carbonyl (C=O) groups excluding carboxylic acids is 1. The summed E-state index contributed by atoms with van der Waals surface area (Å²) in [6, 6.07) is 18.0. The van der Waals surface area contributed by atoms with E-state index < -0.39 is 0 Å². The molecule has 3 aromatic rings. The molecule has 1 aliphatic rings. The van der Waals surface area contributed by atoms with Gasteiger partial charge in [0.15, 0.2) is 5.16 Å². The van der Waals surface area contributed by atoms with E-state index in [2.05, 4.69) is 17.1 Å². The minimum atomic E-state index is 0.126. The zero-order valence-corrected chi connectivity index (χ0v) is 11.5. The SMILES string of the molecule is O=C1C[C@@H](c2ccccc2)Sc2nc3ccccc3n21. The van der Waals surface area contributed by atoms with Gasteiger partial charge in [-0.05, 0) is 17.7 Å². The number of para-hydroxylation sites is 2. The maximum atomic E-state index is 12.5. The van der Waals surface area contributed by atoms with E-state index in [9.17, 15) is 4.79 Å². The van der Waals surface area contributed by atoms with E-state index in [1.54, 1.807) is 16.3 Å². The van der Waals surface area contributed by atoms with E-state index in [1.165, 1.54) is 5.56 Å². The Morgan fingerprint density at radius 3 is 2.65 bits per heavy atom. The summed E-state index contributed by atoms with van der Waals surface area (Å²) in [5.41, 5.74) is 2.98. The summed E-state index contributed by atoms with van der Waals surface area (Å²) in [6.07, 6.45) is 0.516. The van der Waals surface area contributed by atoms with Gasteiger partial charge in [-0.25, -0.2) is 4.98 Å². The van der Waals surface area contributed by atoms with E-state index in [4.69, 9.17) is 0 Å². The lowest BCUT2D eigenvalue weighted by Crippen LogP contribution is -2.19. The highest BCUT2D eigenvalue weighted by molar-refractivity contribution is 7.99. The first kappa shape index (κ1) is 11.7. The smallest absolute Gasteiger partial charge is 0.234 e. The van der Waals surface area contributed by atoms with Gasteiger partial charge in [0.1, 0.15) is 0 Å². The average molecular weight is 280 g/mol. The zero-order valence-electron chi connectivity index (χ0n) is 10.7. The van der Waals surface area contributed by atoms with Crippen molar-refractivity contribution in [2.75, 3.05) is 0 Å². The van der Waals surface area contributed by atoms with Crippen LogP contribution in [0.1, 0.15) is 22.0 Å². The molecule has 20 heavy (non-hydrogen) atoms. The Labute approximate surface area is 120 Å². The Balaban J connectivity index is 1.82. The highest BCUT2D eigenvalue weighted by atomic mass is 32.2. The second-order valence-electron chi connectivity index (χ2n) is 4.83. The van der Waals surface area contributed by atoms with Gasteiger partial charge in [-0.2, -0.15) is 0 Å². The van der Waals surface area contributed by atoms with Crippen LogP contribution in [-0.4, -0.2) is 15.5 Å². The molecule has 4 rings (SSSR count). The van der Waals surface area contributed by atoms with Crippen LogP contribution in [0, 0.1) is 0 Å². The van der Waals surface area contributed by atoms with Crippen LogP contribution in [0.2, 0.25) is 0 Å². The predicted molar refractivity (Wildman–Crippen MR) is 80.0 cm³/mol. The molecule has 0 unspecified atom stereocenters. The summed E-state index contributed by atoms with van der Waals surface area (Å²) in [5.74, 6) is 0.126. The number of aromatic nitrogens is 2. The fourth-order valence-electron chi connectivity index (χ4n) is 2.60. The Hall–Kier alpha value is -2.07. The van der Waals surface area contributed by atoms with Gasteiger partial charge < -0.3 is 0 Å². The standard InChI is InChI=1S/C16H12N2OS/c19-15-10-14(11-6-2-1-3-7-11)20-16-17-12-8-4-5-9-13(12)18(15)16/h1-9,14H,10H2/t14-/m0/s1. The van der Waals surface area contributed by atoms with Crippen molar-refractivity contribution in [2.45, 2.75) is 16.8 Å². The maximum absolute atomic E-state index is 12.5. The van der Waals surface area contributed by atoms with Crippen LogP contribution in [0.3, 0.4) is 0 Å². The monoisotopic (exact) mass is 280 g/mol. The number of imidazole rings is 1. The molecular formula is C16H12N2OS. The van der Waals surface area contributed by atoms with Gasteiger partial charge in [0.05, 0.1) is 11.0 Å². The molecule has 2 heterocycles. The first-order valence-electron chi connectivity index (χ1n) is 6.55. The molecule has 0 saturated heterocycles. The minimum absolute atomic E-state index is 0.126. The molecule has 0 bridgehead atoms. The summed E-state index contributed by atoms with van der Waals surface area (Å²) in [4.78, 5) is 17.0. The lowest BCUT2D eigenvalue weighted by Gasteiger charge is -2.21. The van der Waals surface area contributed by atoms with Crippen LogP contribution in [0.25, 0.3) is 11.0 Å². The van der Waals surface area contributed by atoms with Crippen molar-refractivity contribution in [3.63, 3.8) is 0 Å². The normalized spacial score (nSPS) is 18.2. The quantitative estimate of drug-likeness (QED) is 0.677. The van der Waals surface area contributed by atoms with Gasteiger partial charge in [-0.1, -0.05) is 54.2 Å². The Kier molecular flexibility index (Phi) is 2.63. The van der Waals surface area contributed by atoms with Gasteiger partial charge in [-0.15, -0.1) is 0 Å². The van der Waals surface area contributed by atoms with Crippen molar-refractivity contribution >= 4 is 28.7 Å². The van der Waals surface area contributed by atoms with Crippen molar-refractivity contribution in [3.05, 3.63) is 60.2 Å². The van der Waals surface area contributed by atoms with Crippen molar-refractivity contribution in [2.24, 2.45) is 0 Å². The van der Waals surface area contributed by atoms with Crippen molar-refractivity contribution in [1.82, 2.24) is 9.55 Å². The van der Waals surface area contributed by atoms with E-state index in [0.29, 0.717) is 6.42 Å². The summed E-state index contributed by atoms with van der Waals surface area (Å²) in [6.45, 7) is 0. The highest BCUT2D eigenvalue weighted by Crippen LogP contribution is 2.42. The molecule has 0 radical (unpaired) electrons. The number of hydrogen-bond donors (Lipinski definition) is 0. The van der Waals surface area contributed by atoms with Crippen molar-refractivity contribution < 1.29 is 4.79 Å². The first-order valence-corrected chi connectivity index (χ1v) is 7.43. The van der Waals surface area contributed by atoms with Crippen LogP contribution >= 0.6 is 11.8 Å². The van der Waals surface area contributed by atoms with Gasteiger partial charge in [-0.3, -0.25) is 9.36 Å². The molecule has 1 aliphatic heterocycles. The molecule has 0 fully saturated rings. The number of hydrogen-bond acceptors (Lipinski definition) is 3. The molecular weight excluding hydrogens is 268 g/mol. The first-order chi connectivity index (χ1) is 9.83. The lowest BCUT2D eigenvalue weighted by molar-refractivity contribution is 0.0891. The molecule has 1 aromatic heterocycles. The molecule has 0 saturated carbocycles. The third kappa shape index (κ3) is 1.76. The van der Waals surface area contributed by atoms with Gasteiger partial charge in [0.2, 0.25) is 5.91 Å². The van der Waals surface area contributed by atoms with Crippen molar-refractivity contribution in [1.29, 1.82) is 0 Å². The van der Waals surface area contributed by atoms with Crippen LogP contribution in [-0.2, 0) is 0 Å². The van der Waals surface area contributed by atoms with Gasteiger partial charge in [0, 0.05) is 11.7 Å². The van der Waals surface area contributed by atoms with Gasteiger partial charge in [0.25, 0.3) is 0 Å². The molecule has 0 amide bonds. The molecule has 1 atom stereocenters. The molecule has 0 aliphatic carbocycles. The number of nitrogens with zero attached hydrogens (tertiary/aromatic N) is 2. The summed E-state index contributed by atoms with van der Waals surface area (Å²) < 4.78 is 1.75. The number of rotatable bonds is 1. The molecule has 3 nitrogen and oxygen atoms in total. The van der Waals surface area contributed by atoms with Crippen molar-refractivity contribution in [3.8, 4) is 0 Å². The fourth-order valence-corrected chi connectivity index (χ4v) is 3.83. The molecule has 98 valence electrons. The average Bonchev–Trinajstić information content (AvgIpc) is 2.87. The number of fused-ring (bicyclic) bond motifs is 3. The topological polar surface area (TPSA) is 34.9 Å². The number of carbonyl (C=O) groups is 1. The second-order valence-corrected chi connectivity index (χ2v) is 6.00. The third-order valence-corrected chi connectivity index (χ3v) is 4.77. The van der Waals surface area contributed by atoms with Crippen LogP contribution in [0.5, 0.6) is 0 Å². The zero-order chi connectivity index (χ0) is 13.5. The summed E-state index contributed by atoms with van der Waals surface area (Å²) >= 11 is 1.67. The Bertz CT molecular complexity index is 795. The Morgan fingerprint density at radius 1 is 1.05 bits per heavy atom. The Morgan fingerprint density at radius 2 is 1.80 bits per heavy atom. The van der Waals surface area contributed by atoms with Crippen LogP contribution in [0.15, 0.2) is 59.8 Å². The second kappa shape index (κ2) is 4.49. The number of thioether (sulfide) groups is 1. The minimum Gasteiger partial charge on any atom is -0.274 e. The highest BCUT2D eigenvalue weighted by Gasteiger charge is 2.29. The van der Waals surface area contributed by atoms with E-state index in [0.717, 1.165) is 16.2 Å². The van der Waals surface area contributed by atoms with E-state index in [1.807, 2.05) is 42.5 Å². The van der Waals surface area contributed by atoms with Crippen LogP contribution in [0.4, 0.5) is 0 Å². The number of benzene rings is 2. The largest absolute Gasteiger partial charge is 0.274 e. The van der Waals surface area contributed by atoms with Crippen LogP contribution < -0.4 is 0 Å². The molecule has 4 heteroatoms. The van der Waals surface area contributed by atoms with E-state index in [-0.39, 0.29) is 11.2 Å². The molecule has 2 aromatic carbocycles. The predicted octanol–water partition coefficient (Wildman–Crippen LogP) is 3.91. The molecule has 0 spiro atoms. The maximum Gasteiger partial charge on any atom is 0.234 e. The third-order valence-electron chi connectivity index (χ3n) is 3.56.